The van der Waals surface area contributed by atoms with Gasteiger partial charge in [-0.05, 0) is 53.5 Å². The number of aromatic nitrogens is 1. The Kier molecular flexibility index (Phi) is 7.79. The van der Waals surface area contributed by atoms with Crippen LogP contribution in [0.25, 0.3) is 10.9 Å². The normalized spacial score (nSPS) is 15.6. The number of carbonyl (C=O) groups is 3. The van der Waals surface area contributed by atoms with E-state index < -0.39 is 23.4 Å². The molecule has 2 aromatic rings. The van der Waals surface area contributed by atoms with Crippen LogP contribution in [0.2, 0.25) is 0 Å². The van der Waals surface area contributed by atoms with E-state index >= 15 is 0 Å². The quantitative estimate of drug-likeness (QED) is 0.491. The number of amides is 2. The molecule has 0 atom stereocenters. The van der Waals surface area contributed by atoms with Crippen molar-refractivity contribution < 1.29 is 19.1 Å². The van der Waals surface area contributed by atoms with Gasteiger partial charge in [-0.15, -0.1) is 0 Å². The Balaban J connectivity index is 1.48. The van der Waals surface area contributed by atoms with E-state index in [4.69, 9.17) is 4.74 Å². The third-order valence-electron chi connectivity index (χ3n) is 5.77. The Labute approximate surface area is 195 Å². The summed E-state index contributed by atoms with van der Waals surface area (Å²) in [5.74, 6) is -1.04. The van der Waals surface area contributed by atoms with E-state index in [0.29, 0.717) is 18.7 Å². The minimum Gasteiger partial charge on any atom is -0.444 e. The zero-order chi connectivity index (χ0) is 24.2. The van der Waals surface area contributed by atoms with Crippen LogP contribution in [0.15, 0.2) is 30.5 Å². The van der Waals surface area contributed by atoms with Crippen LogP contribution in [0.4, 0.5) is 4.79 Å². The number of fused-ring (bicyclic) bond motifs is 1. The Morgan fingerprint density at radius 3 is 2.42 bits per heavy atom. The number of likely N-dealkylation sites (tertiary alicyclic amines) is 1. The third-order valence-corrected chi connectivity index (χ3v) is 5.77. The molecule has 1 fully saturated rings. The van der Waals surface area contributed by atoms with Crippen molar-refractivity contribution in [2.24, 2.45) is 0 Å². The van der Waals surface area contributed by atoms with E-state index in [9.17, 15) is 14.4 Å². The van der Waals surface area contributed by atoms with Crippen LogP contribution >= 0.6 is 0 Å². The first-order valence-corrected chi connectivity index (χ1v) is 11.7. The molecule has 1 saturated heterocycles. The standard InChI is InChI=1S/C25H36N4O4/c1-17(2)29-16-20(19-8-6-7-9-21(19)29)22(30)23(31)27-18-10-13-28(14-11-18)15-12-26-24(32)33-25(3,4)5/h6-9,16-18H,10-15H2,1-5H3,(H,26,32)(H,27,31). The van der Waals surface area contributed by atoms with E-state index in [2.05, 4.69) is 29.4 Å². The van der Waals surface area contributed by atoms with E-state index in [1.54, 1.807) is 6.20 Å². The molecule has 2 N–H and O–H groups in total. The van der Waals surface area contributed by atoms with Crippen LogP contribution in [0.5, 0.6) is 0 Å². The van der Waals surface area contributed by atoms with E-state index in [1.165, 1.54) is 0 Å². The van der Waals surface area contributed by atoms with Crippen molar-refractivity contribution in [3.63, 3.8) is 0 Å². The number of Topliss-reactive ketones (excluding diaryl/α,β-unsaturated/α-hetero) is 1. The molecule has 8 nitrogen and oxygen atoms in total. The molecule has 2 amide bonds. The van der Waals surface area contributed by atoms with Crippen LogP contribution in [0, 0.1) is 0 Å². The predicted molar refractivity (Wildman–Crippen MR) is 128 cm³/mol. The summed E-state index contributed by atoms with van der Waals surface area (Å²) in [5.41, 5.74) is 0.890. The van der Waals surface area contributed by atoms with E-state index in [-0.39, 0.29) is 12.1 Å². The molecule has 0 radical (unpaired) electrons. The lowest BCUT2D eigenvalue weighted by Gasteiger charge is -2.32. The summed E-state index contributed by atoms with van der Waals surface area (Å²) in [6.07, 6.45) is 2.90. The molecule has 1 aromatic heterocycles. The highest BCUT2D eigenvalue weighted by molar-refractivity contribution is 6.45. The second-order valence-electron chi connectivity index (χ2n) is 9.91. The number of hydrogen-bond donors (Lipinski definition) is 2. The van der Waals surface area contributed by atoms with Gasteiger partial charge in [-0.2, -0.15) is 0 Å². The molecule has 180 valence electrons. The summed E-state index contributed by atoms with van der Waals surface area (Å²) in [6.45, 7) is 12.4. The molecule has 0 saturated carbocycles. The highest BCUT2D eigenvalue weighted by atomic mass is 16.6. The fourth-order valence-electron chi connectivity index (χ4n) is 4.12. The lowest BCUT2D eigenvalue weighted by atomic mass is 10.0. The molecule has 0 bridgehead atoms. The topological polar surface area (TPSA) is 92.7 Å². The first-order valence-electron chi connectivity index (χ1n) is 11.7. The average molecular weight is 457 g/mol. The molecule has 8 heteroatoms. The van der Waals surface area contributed by atoms with Crippen LogP contribution in [0.1, 0.15) is 63.9 Å². The monoisotopic (exact) mass is 456 g/mol. The summed E-state index contributed by atoms with van der Waals surface area (Å²) in [4.78, 5) is 39.7. The smallest absolute Gasteiger partial charge is 0.407 e. The van der Waals surface area contributed by atoms with Crippen molar-refractivity contribution in [1.82, 2.24) is 20.1 Å². The van der Waals surface area contributed by atoms with Crippen molar-refractivity contribution in [2.75, 3.05) is 26.2 Å². The largest absolute Gasteiger partial charge is 0.444 e. The van der Waals surface area contributed by atoms with Crippen molar-refractivity contribution >= 4 is 28.7 Å². The minimum absolute atomic E-state index is 0.0324. The molecule has 1 aliphatic rings. The molecule has 2 heterocycles. The van der Waals surface area contributed by atoms with Gasteiger partial charge in [0.25, 0.3) is 11.7 Å². The lowest BCUT2D eigenvalue weighted by Crippen LogP contribution is -2.48. The average Bonchev–Trinajstić information content (AvgIpc) is 3.13. The number of alkyl carbamates (subject to hydrolysis) is 1. The number of ether oxygens (including phenoxy) is 1. The molecule has 0 spiro atoms. The van der Waals surface area contributed by atoms with Crippen LogP contribution in [0.3, 0.4) is 0 Å². The maximum atomic E-state index is 12.9. The number of nitrogens with one attached hydrogen (secondary N) is 2. The van der Waals surface area contributed by atoms with Gasteiger partial charge in [0.2, 0.25) is 0 Å². The summed E-state index contributed by atoms with van der Waals surface area (Å²) >= 11 is 0. The molecular formula is C25H36N4O4. The van der Waals surface area contributed by atoms with Crippen LogP contribution in [-0.2, 0) is 9.53 Å². The SMILES string of the molecule is CC(C)n1cc(C(=O)C(=O)NC2CCN(CCNC(=O)OC(C)(C)C)CC2)c2ccccc21. The van der Waals surface area contributed by atoms with Crippen molar-refractivity contribution in [1.29, 1.82) is 0 Å². The summed E-state index contributed by atoms with van der Waals surface area (Å²) < 4.78 is 7.27. The number of nitrogens with zero attached hydrogens (tertiary/aromatic N) is 2. The molecule has 33 heavy (non-hydrogen) atoms. The number of ketones is 1. The second-order valence-corrected chi connectivity index (χ2v) is 9.91. The van der Waals surface area contributed by atoms with E-state index in [0.717, 1.165) is 36.8 Å². The van der Waals surface area contributed by atoms with Crippen LogP contribution < -0.4 is 10.6 Å². The minimum atomic E-state index is -0.549. The number of para-hydroxylation sites is 1. The summed E-state index contributed by atoms with van der Waals surface area (Å²) in [6, 6.07) is 7.83. The van der Waals surface area contributed by atoms with Crippen LogP contribution in [-0.4, -0.2) is 65.1 Å². The number of rotatable bonds is 7. The number of piperidine rings is 1. The van der Waals surface area contributed by atoms with Crippen molar-refractivity contribution in [3.8, 4) is 0 Å². The predicted octanol–water partition coefficient (Wildman–Crippen LogP) is 3.51. The fraction of sp³-hybridized carbons (Fsp3) is 0.560. The zero-order valence-electron chi connectivity index (χ0n) is 20.3. The maximum absolute atomic E-state index is 12.9. The fourth-order valence-corrected chi connectivity index (χ4v) is 4.12. The number of benzene rings is 1. The van der Waals surface area contributed by atoms with Crippen molar-refractivity contribution in [3.05, 3.63) is 36.0 Å². The second kappa shape index (κ2) is 10.4. The van der Waals surface area contributed by atoms with Gasteiger partial charge >= 0.3 is 6.09 Å². The van der Waals surface area contributed by atoms with Gasteiger partial charge in [0.1, 0.15) is 5.60 Å². The first kappa shape index (κ1) is 24.8. The van der Waals surface area contributed by atoms with Gasteiger partial charge < -0.3 is 24.8 Å². The Morgan fingerprint density at radius 2 is 1.79 bits per heavy atom. The maximum Gasteiger partial charge on any atom is 0.407 e. The number of carbonyl (C=O) groups excluding carboxylic acids is 3. The summed E-state index contributed by atoms with van der Waals surface area (Å²) in [7, 11) is 0. The highest BCUT2D eigenvalue weighted by Gasteiger charge is 2.26. The lowest BCUT2D eigenvalue weighted by molar-refractivity contribution is -0.118. The molecule has 0 unspecified atom stereocenters. The van der Waals surface area contributed by atoms with Gasteiger partial charge in [0.15, 0.2) is 0 Å². The molecule has 1 aromatic carbocycles. The summed E-state index contributed by atoms with van der Waals surface area (Å²) in [5, 5.41) is 6.50. The Hall–Kier alpha value is -2.87. The van der Waals surface area contributed by atoms with E-state index in [1.807, 2.05) is 49.6 Å². The van der Waals surface area contributed by atoms with Gasteiger partial charge in [-0.3, -0.25) is 9.59 Å². The van der Waals surface area contributed by atoms with Gasteiger partial charge in [-0.25, -0.2) is 4.79 Å². The highest BCUT2D eigenvalue weighted by Crippen LogP contribution is 2.25. The Bertz CT molecular complexity index is 997. The van der Waals surface area contributed by atoms with Gasteiger partial charge in [-0.1, -0.05) is 18.2 Å². The molecular weight excluding hydrogens is 420 g/mol. The van der Waals surface area contributed by atoms with Gasteiger partial charge in [0, 0.05) is 55.4 Å². The first-order chi connectivity index (χ1) is 15.5. The molecule has 1 aliphatic heterocycles. The van der Waals surface area contributed by atoms with Crippen molar-refractivity contribution in [2.45, 2.75) is 65.1 Å². The molecule has 0 aliphatic carbocycles. The number of hydrogen-bond acceptors (Lipinski definition) is 5. The third kappa shape index (κ3) is 6.57. The zero-order valence-corrected chi connectivity index (χ0v) is 20.3. The molecule has 3 rings (SSSR count). The Morgan fingerprint density at radius 1 is 1.12 bits per heavy atom. The van der Waals surface area contributed by atoms with Gasteiger partial charge in [0.05, 0.1) is 5.56 Å².